The van der Waals surface area contributed by atoms with Crippen molar-refractivity contribution in [2.24, 2.45) is 0 Å². The lowest BCUT2D eigenvalue weighted by atomic mass is 10.1. The number of thiophene rings is 1. The van der Waals surface area contributed by atoms with Crippen LogP contribution in [-0.4, -0.2) is 22.2 Å². The Hall–Kier alpha value is -2.11. The van der Waals surface area contributed by atoms with Gasteiger partial charge in [-0.05, 0) is 23.1 Å². The summed E-state index contributed by atoms with van der Waals surface area (Å²) in [5.74, 6) is 0. The smallest absolute Gasteiger partial charge is 0.326 e. The Morgan fingerprint density at radius 1 is 1.25 bits per heavy atom. The molecule has 0 aliphatic heterocycles. The first-order chi connectivity index (χ1) is 9.75. The molecule has 0 fully saturated rings. The zero-order valence-corrected chi connectivity index (χ0v) is 11.5. The molecule has 1 unspecified atom stereocenters. The lowest BCUT2D eigenvalue weighted by Crippen LogP contribution is -2.31. The first-order valence-corrected chi connectivity index (χ1v) is 7.19. The zero-order chi connectivity index (χ0) is 13.9. The lowest BCUT2D eigenvalue weighted by molar-refractivity contribution is 0.173. The van der Waals surface area contributed by atoms with E-state index in [1.54, 1.807) is 22.1 Å². The van der Waals surface area contributed by atoms with Crippen LogP contribution in [0.4, 0.5) is 4.79 Å². The number of carbonyl (C=O) groups excluding carboxylic acids is 1. The number of aliphatic hydroxyl groups is 1. The second-order valence-electron chi connectivity index (χ2n) is 4.47. The van der Waals surface area contributed by atoms with E-state index in [1.807, 2.05) is 47.8 Å². The first kappa shape index (κ1) is 12.9. The monoisotopic (exact) mass is 286 g/mol. The van der Waals surface area contributed by atoms with Crippen molar-refractivity contribution in [2.45, 2.75) is 6.10 Å². The van der Waals surface area contributed by atoms with Crippen molar-refractivity contribution in [3.05, 3.63) is 59.6 Å². The van der Waals surface area contributed by atoms with Crippen molar-refractivity contribution in [3.8, 4) is 0 Å². The van der Waals surface area contributed by atoms with Gasteiger partial charge in [-0.3, -0.25) is 4.57 Å². The number of hydrogen-bond donors (Lipinski definition) is 2. The molecule has 0 saturated heterocycles. The molecule has 1 aromatic carbocycles. The second-order valence-corrected chi connectivity index (χ2v) is 5.42. The van der Waals surface area contributed by atoms with E-state index in [4.69, 9.17) is 0 Å². The van der Waals surface area contributed by atoms with Gasteiger partial charge in [0, 0.05) is 12.7 Å². The summed E-state index contributed by atoms with van der Waals surface area (Å²) < 4.78 is 2.63. The molecule has 1 amide bonds. The number of benzene rings is 1. The Balaban J connectivity index is 1.67. The Morgan fingerprint density at radius 2 is 2.05 bits per heavy atom. The molecule has 3 rings (SSSR count). The van der Waals surface area contributed by atoms with E-state index in [0.29, 0.717) is 0 Å². The highest BCUT2D eigenvalue weighted by Crippen LogP contribution is 2.21. The van der Waals surface area contributed by atoms with Gasteiger partial charge in [0.25, 0.3) is 0 Å². The lowest BCUT2D eigenvalue weighted by Gasteiger charge is -2.12. The van der Waals surface area contributed by atoms with Crippen LogP contribution in [0.15, 0.2) is 54.0 Å². The molecule has 5 heteroatoms. The Labute approximate surface area is 120 Å². The maximum absolute atomic E-state index is 12.1. The average Bonchev–Trinajstić information content (AvgIpc) is 3.08. The molecule has 2 N–H and O–H groups in total. The van der Waals surface area contributed by atoms with Crippen molar-refractivity contribution >= 4 is 27.6 Å². The van der Waals surface area contributed by atoms with Gasteiger partial charge in [-0.15, -0.1) is 11.3 Å². The summed E-state index contributed by atoms with van der Waals surface area (Å²) in [6.45, 7) is 0.187. The van der Waals surface area contributed by atoms with Gasteiger partial charge in [0.05, 0.1) is 16.3 Å². The number of aromatic nitrogens is 1. The van der Waals surface area contributed by atoms with E-state index in [1.165, 1.54) is 0 Å². The summed E-state index contributed by atoms with van der Waals surface area (Å²) in [5, 5.41) is 14.7. The third kappa shape index (κ3) is 2.45. The number of fused-ring (bicyclic) bond motifs is 1. The maximum Gasteiger partial charge on any atom is 0.326 e. The van der Waals surface area contributed by atoms with Crippen molar-refractivity contribution in [1.82, 2.24) is 9.88 Å². The maximum atomic E-state index is 12.1. The third-order valence-corrected chi connectivity index (χ3v) is 4.03. The third-order valence-electron chi connectivity index (χ3n) is 3.16. The summed E-state index contributed by atoms with van der Waals surface area (Å²) >= 11 is 1.60. The number of aliphatic hydroxyl groups excluding tert-OH is 1. The van der Waals surface area contributed by atoms with Crippen LogP contribution in [0.25, 0.3) is 10.2 Å². The highest BCUT2D eigenvalue weighted by atomic mass is 32.1. The fourth-order valence-electron chi connectivity index (χ4n) is 2.10. The predicted octanol–water partition coefficient (Wildman–Crippen LogP) is 2.99. The molecule has 0 saturated carbocycles. The van der Waals surface area contributed by atoms with Crippen LogP contribution in [0.3, 0.4) is 0 Å². The molecule has 4 nitrogen and oxygen atoms in total. The number of hydrogen-bond acceptors (Lipinski definition) is 3. The van der Waals surface area contributed by atoms with Crippen molar-refractivity contribution in [1.29, 1.82) is 0 Å². The molecule has 0 aliphatic rings. The van der Waals surface area contributed by atoms with E-state index in [-0.39, 0.29) is 12.6 Å². The summed E-state index contributed by atoms with van der Waals surface area (Å²) in [6.07, 6.45) is 1.04. The van der Waals surface area contributed by atoms with Crippen molar-refractivity contribution < 1.29 is 9.90 Å². The van der Waals surface area contributed by atoms with E-state index in [2.05, 4.69) is 5.32 Å². The van der Waals surface area contributed by atoms with Crippen LogP contribution in [0, 0.1) is 0 Å². The molecule has 0 radical (unpaired) electrons. The molecule has 2 heterocycles. The molecular formula is C15H14N2O2S. The molecule has 0 bridgehead atoms. The van der Waals surface area contributed by atoms with Crippen LogP contribution < -0.4 is 5.32 Å². The van der Waals surface area contributed by atoms with Crippen LogP contribution in [0.5, 0.6) is 0 Å². The first-order valence-electron chi connectivity index (χ1n) is 6.31. The Bertz CT molecular complexity index is 718. The second kappa shape index (κ2) is 5.48. The van der Waals surface area contributed by atoms with Crippen LogP contribution in [0.1, 0.15) is 11.7 Å². The van der Waals surface area contributed by atoms with Crippen LogP contribution in [-0.2, 0) is 0 Å². The number of nitrogens with one attached hydrogen (secondary N) is 1. The summed E-state index contributed by atoms with van der Waals surface area (Å²) in [4.78, 5) is 12.1. The molecule has 1 atom stereocenters. The topological polar surface area (TPSA) is 54.3 Å². The van der Waals surface area contributed by atoms with Gasteiger partial charge >= 0.3 is 6.03 Å². The molecule has 0 spiro atoms. The van der Waals surface area contributed by atoms with Gasteiger partial charge in [-0.1, -0.05) is 30.3 Å². The molecule has 102 valence electrons. The number of amides is 1. The Morgan fingerprint density at radius 3 is 2.85 bits per heavy atom. The molecular weight excluding hydrogens is 272 g/mol. The van der Waals surface area contributed by atoms with Gasteiger partial charge in [-0.25, -0.2) is 4.79 Å². The molecule has 20 heavy (non-hydrogen) atoms. The van der Waals surface area contributed by atoms with Gasteiger partial charge in [0.15, 0.2) is 0 Å². The van der Waals surface area contributed by atoms with Gasteiger partial charge in [-0.2, -0.15) is 0 Å². The average molecular weight is 286 g/mol. The van der Waals surface area contributed by atoms with Crippen molar-refractivity contribution in [2.75, 3.05) is 6.54 Å². The molecule has 3 aromatic rings. The van der Waals surface area contributed by atoms with Gasteiger partial charge in [0.1, 0.15) is 0 Å². The minimum Gasteiger partial charge on any atom is -0.387 e. The summed E-state index contributed by atoms with van der Waals surface area (Å²) in [6, 6.07) is 12.9. The van der Waals surface area contributed by atoms with Crippen LogP contribution >= 0.6 is 11.3 Å². The van der Waals surface area contributed by atoms with E-state index in [0.717, 1.165) is 15.8 Å². The quantitative estimate of drug-likeness (QED) is 0.777. The van der Waals surface area contributed by atoms with E-state index in [9.17, 15) is 9.90 Å². The largest absolute Gasteiger partial charge is 0.387 e. The highest BCUT2D eigenvalue weighted by Gasteiger charge is 2.12. The van der Waals surface area contributed by atoms with Crippen LogP contribution in [0.2, 0.25) is 0 Å². The Kier molecular flexibility index (Phi) is 3.54. The standard InChI is InChI=1S/C15H14N2O2S/c18-13(11-4-2-1-3-5-11)10-16-15(19)17-8-6-14-12(17)7-9-20-14/h1-9,13,18H,10H2,(H,16,19). The summed E-state index contributed by atoms with van der Waals surface area (Å²) in [5.41, 5.74) is 1.68. The highest BCUT2D eigenvalue weighted by molar-refractivity contribution is 7.17. The zero-order valence-electron chi connectivity index (χ0n) is 10.7. The fraction of sp³-hybridized carbons (Fsp3) is 0.133. The normalized spacial score (nSPS) is 12.4. The molecule has 2 aromatic heterocycles. The number of rotatable bonds is 3. The van der Waals surface area contributed by atoms with E-state index >= 15 is 0 Å². The molecule has 0 aliphatic carbocycles. The minimum atomic E-state index is -0.700. The fourth-order valence-corrected chi connectivity index (χ4v) is 2.87. The summed E-state index contributed by atoms with van der Waals surface area (Å²) in [7, 11) is 0. The van der Waals surface area contributed by atoms with Crippen molar-refractivity contribution in [3.63, 3.8) is 0 Å². The number of carbonyl (C=O) groups is 1. The SMILES string of the molecule is O=C(NCC(O)c1ccccc1)n1ccc2sccc21. The minimum absolute atomic E-state index is 0.187. The number of nitrogens with zero attached hydrogens (tertiary/aromatic N) is 1. The van der Waals surface area contributed by atoms with Gasteiger partial charge in [0.2, 0.25) is 0 Å². The van der Waals surface area contributed by atoms with E-state index < -0.39 is 6.10 Å². The van der Waals surface area contributed by atoms with Gasteiger partial charge < -0.3 is 10.4 Å². The predicted molar refractivity (Wildman–Crippen MR) is 80.0 cm³/mol.